The molecule has 0 radical (unpaired) electrons. The summed E-state index contributed by atoms with van der Waals surface area (Å²) in [4.78, 5) is 12.3. The van der Waals surface area contributed by atoms with E-state index in [1.807, 2.05) is 0 Å². The smallest absolute Gasteiger partial charge is 0.220 e. The third-order valence-corrected chi connectivity index (χ3v) is 4.49. The average Bonchev–Trinajstić information content (AvgIpc) is 2.52. The van der Waals surface area contributed by atoms with E-state index in [2.05, 4.69) is 45.3 Å². The van der Waals surface area contributed by atoms with Gasteiger partial charge in [-0.25, -0.2) is 0 Å². The lowest BCUT2D eigenvalue weighted by Crippen LogP contribution is -2.47. The normalized spacial score (nSPS) is 30.4. The van der Waals surface area contributed by atoms with Gasteiger partial charge in [-0.05, 0) is 57.3 Å². The van der Waals surface area contributed by atoms with Crippen LogP contribution in [0.2, 0.25) is 0 Å². The van der Waals surface area contributed by atoms with Crippen molar-refractivity contribution in [2.75, 3.05) is 0 Å². The molecule has 1 amide bonds. The average molecular weight is 280 g/mol. The first-order valence-electron chi connectivity index (χ1n) is 8.20. The summed E-state index contributed by atoms with van der Waals surface area (Å²) in [6, 6.07) is 1.35. The third-order valence-electron chi connectivity index (χ3n) is 4.49. The first-order chi connectivity index (χ1) is 9.13. The molecule has 0 aliphatic carbocycles. The molecule has 2 fully saturated rings. The molecule has 0 spiro atoms. The summed E-state index contributed by atoms with van der Waals surface area (Å²) in [6.07, 6.45) is 6.69. The van der Waals surface area contributed by atoms with E-state index in [4.69, 9.17) is 0 Å². The molecule has 2 aliphatic rings. The van der Waals surface area contributed by atoms with E-state index in [1.54, 1.807) is 0 Å². The van der Waals surface area contributed by atoms with E-state index >= 15 is 0 Å². The van der Waals surface area contributed by atoms with Gasteiger partial charge >= 0.3 is 0 Å². The molecule has 2 heterocycles. The number of rotatable bonds is 4. The van der Waals surface area contributed by atoms with Crippen LogP contribution in [0.3, 0.4) is 0 Å². The number of fused-ring (bicyclic) bond motifs is 2. The number of carbonyl (C=O) groups is 1. The van der Waals surface area contributed by atoms with Crippen molar-refractivity contribution in [1.82, 2.24) is 10.6 Å². The van der Waals surface area contributed by atoms with Gasteiger partial charge < -0.3 is 10.6 Å². The largest absolute Gasteiger partial charge is 0.351 e. The topological polar surface area (TPSA) is 41.1 Å². The first-order valence-corrected chi connectivity index (χ1v) is 8.20. The second kappa shape index (κ2) is 5.67. The Morgan fingerprint density at radius 2 is 1.65 bits per heavy atom. The van der Waals surface area contributed by atoms with Crippen molar-refractivity contribution in [3.05, 3.63) is 0 Å². The van der Waals surface area contributed by atoms with Crippen LogP contribution in [0, 0.1) is 11.3 Å². The molecule has 2 rings (SSSR count). The van der Waals surface area contributed by atoms with E-state index in [1.165, 1.54) is 25.7 Å². The fourth-order valence-corrected chi connectivity index (χ4v) is 4.40. The van der Waals surface area contributed by atoms with E-state index in [0.717, 1.165) is 6.42 Å². The minimum Gasteiger partial charge on any atom is -0.351 e. The second-order valence-electron chi connectivity index (χ2n) is 8.85. The molecule has 0 aromatic rings. The van der Waals surface area contributed by atoms with Crippen LogP contribution in [0.15, 0.2) is 0 Å². The fourth-order valence-electron chi connectivity index (χ4n) is 4.40. The van der Waals surface area contributed by atoms with E-state index < -0.39 is 0 Å². The van der Waals surface area contributed by atoms with Crippen LogP contribution in [0.25, 0.3) is 0 Å². The van der Waals surface area contributed by atoms with Crippen molar-refractivity contribution >= 4 is 5.91 Å². The summed E-state index contributed by atoms with van der Waals surface area (Å²) in [5.74, 6) is 0.824. The number of nitrogens with one attached hydrogen (secondary N) is 2. The fraction of sp³-hybridized carbons (Fsp3) is 0.941. The Morgan fingerprint density at radius 3 is 2.15 bits per heavy atom. The van der Waals surface area contributed by atoms with Gasteiger partial charge in [0.2, 0.25) is 5.91 Å². The Kier molecular flexibility index (Phi) is 4.48. The summed E-state index contributed by atoms with van der Waals surface area (Å²) in [6.45, 7) is 11.0. The molecular formula is C17H32N2O. The van der Waals surface area contributed by atoms with Crippen molar-refractivity contribution in [3.63, 3.8) is 0 Å². The number of hydrogen-bond acceptors (Lipinski definition) is 2. The molecule has 3 heteroatoms. The van der Waals surface area contributed by atoms with E-state index in [-0.39, 0.29) is 16.9 Å². The molecule has 2 bridgehead atoms. The number of piperidine rings is 1. The number of carbonyl (C=O) groups excluding carboxylic acids is 1. The minimum absolute atomic E-state index is 0.110. The Bertz CT molecular complexity index is 344. The van der Waals surface area contributed by atoms with Gasteiger partial charge in [-0.15, -0.1) is 0 Å². The molecule has 2 saturated heterocycles. The Morgan fingerprint density at radius 1 is 1.10 bits per heavy atom. The molecule has 0 saturated carbocycles. The highest BCUT2D eigenvalue weighted by atomic mass is 16.1. The SMILES string of the molecule is CC(C)(C)CC(C)(C)NC(=O)CC1CC2CCC(C1)N2. The highest BCUT2D eigenvalue weighted by Gasteiger charge is 2.35. The maximum Gasteiger partial charge on any atom is 0.220 e. The zero-order valence-electron chi connectivity index (χ0n) is 13.9. The molecule has 20 heavy (non-hydrogen) atoms. The van der Waals surface area contributed by atoms with Crippen LogP contribution < -0.4 is 10.6 Å². The summed E-state index contributed by atoms with van der Waals surface area (Å²) in [7, 11) is 0. The van der Waals surface area contributed by atoms with Gasteiger partial charge in [0.25, 0.3) is 0 Å². The predicted octanol–water partition coefficient (Wildman–Crippen LogP) is 3.24. The van der Waals surface area contributed by atoms with Crippen LogP contribution in [0.1, 0.15) is 73.1 Å². The lowest BCUT2D eigenvalue weighted by Gasteiger charge is -2.34. The molecule has 2 unspecified atom stereocenters. The molecule has 0 aromatic heterocycles. The maximum atomic E-state index is 12.3. The first kappa shape index (κ1) is 15.8. The third kappa shape index (κ3) is 4.76. The lowest BCUT2D eigenvalue weighted by atomic mass is 9.81. The summed E-state index contributed by atoms with van der Waals surface area (Å²) in [5, 5.41) is 6.89. The van der Waals surface area contributed by atoms with Crippen LogP contribution >= 0.6 is 0 Å². The zero-order chi connectivity index (χ0) is 15.0. The van der Waals surface area contributed by atoms with Gasteiger partial charge in [0, 0.05) is 24.0 Å². The molecule has 2 aliphatic heterocycles. The van der Waals surface area contributed by atoms with Gasteiger partial charge in [0.15, 0.2) is 0 Å². The van der Waals surface area contributed by atoms with Crippen molar-refractivity contribution in [3.8, 4) is 0 Å². The zero-order valence-corrected chi connectivity index (χ0v) is 13.9. The van der Waals surface area contributed by atoms with Gasteiger partial charge in [0.05, 0.1) is 0 Å². The predicted molar refractivity (Wildman–Crippen MR) is 83.6 cm³/mol. The molecule has 2 N–H and O–H groups in total. The summed E-state index contributed by atoms with van der Waals surface area (Å²) < 4.78 is 0. The lowest BCUT2D eigenvalue weighted by molar-refractivity contribution is -0.124. The quantitative estimate of drug-likeness (QED) is 0.830. The standard InChI is InChI=1S/C17H32N2O/c1-16(2,3)11-17(4,5)19-15(20)10-12-8-13-6-7-14(9-12)18-13/h12-14,18H,6-11H2,1-5H3,(H,19,20). The molecule has 0 aromatic carbocycles. The van der Waals surface area contributed by atoms with Crippen molar-refractivity contribution < 1.29 is 4.79 Å². The molecule has 3 nitrogen and oxygen atoms in total. The van der Waals surface area contributed by atoms with Gasteiger partial charge in [0.1, 0.15) is 0 Å². The van der Waals surface area contributed by atoms with Gasteiger partial charge in [-0.3, -0.25) is 4.79 Å². The van der Waals surface area contributed by atoms with Crippen LogP contribution in [0.5, 0.6) is 0 Å². The van der Waals surface area contributed by atoms with Crippen molar-refractivity contribution in [1.29, 1.82) is 0 Å². The second-order valence-corrected chi connectivity index (χ2v) is 8.85. The monoisotopic (exact) mass is 280 g/mol. The maximum absolute atomic E-state index is 12.3. The van der Waals surface area contributed by atoms with E-state index in [9.17, 15) is 4.79 Å². The van der Waals surface area contributed by atoms with Gasteiger partial charge in [-0.2, -0.15) is 0 Å². The Labute approximate surface area is 124 Å². The van der Waals surface area contributed by atoms with Crippen LogP contribution in [0.4, 0.5) is 0 Å². The highest BCUT2D eigenvalue weighted by molar-refractivity contribution is 5.77. The highest BCUT2D eigenvalue weighted by Crippen LogP contribution is 2.33. The number of amides is 1. The van der Waals surface area contributed by atoms with Crippen LogP contribution in [-0.4, -0.2) is 23.5 Å². The van der Waals surface area contributed by atoms with Crippen molar-refractivity contribution in [2.45, 2.75) is 90.8 Å². The summed E-state index contributed by atoms with van der Waals surface area (Å²) >= 11 is 0. The van der Waals surface area contributed by atoms with Gasteiger partial charge in [-0.1, -0.05) is 20.8 Å². The number of hydrogen-bond donors (Lipinski definition) is 2. The van der Waals surface area contributed by atoms with Crippen molar-refractivity contribution in [2.24, 2.45) is 11.3 Å². The Hall–Kier alpha value is -0.570. The minimum atomic E-state index is -0.110. The molecular weight excluding hydrogens is 248 g/mol. The van der Waals surface area contributed by atoms with Crippen LogP contribution in [-0.2, 0) is 4.79 Å². The molecule has 116 valence electrons. The molecule has 2 atom stereocenters. The summed E-state index contributed by atoms with van der Waals surface area (Å²) in [5.41, 5.74) is 0.131. The Balaban J connectivity index is 1.80. The van der Waals surface area contributed by atoms with E-state index in [0.29, 0.717) is 24.4 Å².